The number of nitrogens with zero attached hydrogens (tertiary/aromatic N) is 2. The molecule has 0 spiro atoms. The van der Waals surface area contributed by atoms with Crippen LogP contribution in [0.2, 0.25) is 0 Å². The first-order chi connectivity index (χ1) is 26.7. The van der Waals surface area contributed by atoms with Crippen LogP contribution < -0.4 is 5.73 Å². The van der Waals surface area contributed by atoms with Gasteiger partial charge in [-0.1, -0.05) is 194 Å². The molecule has 3 nitrogen and oxygen atoms in total. The van der Waals surface area contributed by atoms with Gasteiger partial charge >= 0.3 is 0 Å². The van der Waals surface area contributed by atoms with E-state index in [4.69, 9.17) is 15.7 Å². The van der Waals surface area contributed by atoms with E-state index < -0.39 is 0 Å². The Morgan fingerprint density at radius 2 is 0.796 bits per heavy atom. The van der Waals surface area contributed by atoms with Gasteiger partial charge in [-0.25, -0.2) is 4.99 Å². The maximum Gasteiger partial charge on any atom is 0.157 e. The van der Waals surface area contributed by atoms with E-state index in [1.54, 1.807) is 0 Å². The van der Waals surface area contributed by atoms with E-state index >= 15 is 0 Å². The van der Waals surface area contributed by atoms with Gasteiger partial charge in [0.15, 0.2) is 5.84 Å². The minimum atomic E-state index is 0.434. The van der Waals surface area contributed by atoms with Gasteiger partial charge in [-0.15, -0.1) is 0 Å². The lowest BCUT2D eigenvalue weighted by atomic mass is 9.87. The molecular formula is C51H37N3. The number of aliphatic imine (C=N–C) groups is 2. The fourth-order valence-corrected chi connectivity index (χ4v) is 7.64. The number of nitrogens with two attached hydrogens (primary N) is 1. The molecular weight excluding hydrogens is 655 g/mol. The molecule has 0 unspecified atom stereocenters. The van der Waals surface area contributed by atoms with Crippen molar-refractivity contribution in [2.24, 2.45) is 15.7 Å². The Morgan fingerprint density at radius 1 is 0.370 bits per heavy atom. The molecule has 0 saturated heterocycles. The lowest BCUT2D eigenvalue weighted by molar-refractivity contribution is 1.06. The molecule has 0 aromatic heterocycles. The highest BCUT2D eigenvalue weighted by Crippen LogP contribution is 2.42. The number of rotatable bonds is 7. The van der Waals surface area contributed by atoms with Gasteiger partial charge in [-0.3, -0.25) is 4.99 Å². The zero-order valence-electron chi connectivity index (χ0n) is 29.7. The molecule has 0 heterocycles. The van der Waals surface area contributed by atoms with Gasteiger partial charge in [0.2, 0.25) is 0 Å². The van der Waals surface area contributed by atoms with Crippen LogP contribution in [0.3, 0.4) is 0 Å². The van der Waals surface area contributed by atoms with Crippen molar-refractivity contribution in [1.82, 2.24) is 0 Å². The summed E-state index contributed by atoms with van der Waals surface area (Å²) in [5.41, 5.74) is 16.4. The van der Waals surface area contributed by atoms with E-state index in [9.17, 15) is 0 Å². The normalized spacial score (nSPS) is 12.1. The molecule has 2 N–H and O–H groups in total. The lowest BCUT2D eigenvalue weighted by Crippen LogP contribution is -2.16. The van der Waals surface area contributed by atoms with Crippen molar-refractivity contribution in [1.29, 1.82) is 0 Å². The molecule has 54 heavy (non-hydrogen) atoms. The summed E-state index contributed by atoms with van der Waals surface area (Å²) in [4.78, 5) is 9.95. The third kappa shape index (κ3) is 6.23. The highest BCUT2D eigenvalue weighted by Gasteiger charge is 2.16. The largest absolute Gasteiger partial charge is 0.383 e. The second kappa shape index (κ2) is 14.5. The van der Waals surface area contributed by atoms with Crippen LogP contribution in [0.4, 0.5) is 0 Å². The van der Waals surface area contributed by atoms with Crippen molar-refractivity contribution in [2.75, 3.05) is 0 Å². The first-order valence-corrected chi connectivity index (χ1v) is 18.3. The number of benzene rings is 9. The summed E-state index contributed by atoms with van der Waals surface area (Å²) in [6.45, 7) is 0.438. The Morgan fingerprint density at radius 3 is 1.41 bits per heavy atom. The van der Waals surface area contributed by atoms with E-state index in [2.05, 4.69) is 140 Å². The number of amidine groups is 2. The Bertz CT molecular complexity index is 2820. The standard InChI is InChI=1S/C51H37N3/c52-50(35-17-3-1-4-18-35)54-51(36-19-5-2-6-20-36)53-34-38-21-7-8-23-40(38)42-25-11-12-26-43(42)41-24-10-9-22-39(41)37-31-32-48-46-29-14-13-27-44(46)45-28-15-16-30-47(45)49(48)33-37/h1-33H,34H2,(H2,52,53,54). The summed E-state index contributed by atoms with van der Waals surface area (Å²) in [5.74, 6) is 1.03. The summed E-state index contributed by atoms with van der Waals surface area (Å²) in [5, 5.41) is 7.64. The Kier molecular flexibility index (Phi) is 8.80. The summed E-state index contributed by atoms with van der Waals surface area (Å²) < 4.78 is 0. The molecule has 0 aliphatic heterocycles. The first kappa shape index (κ1) is 32.8. The predicted octanol–water partition coefficient (Wildman–Crippen LogP) is 12.5. The van der Waals surface area contributed by atoms with Crippen LogP contribution in [0.1, 0.15) is 16.7 Å². The summed E-state index contributed by atoms with van der Waals surface area (Å²) in [7, 11) is 0. The molecule has 3 heteroatoms. The van der Waals surface area contributed by atoms with Crippen LogP contribution in [-0.2, 0) is 6.54 Å². The van der Waals surface area contributed by atoms with Crippen molar-refractivity contribution in [3.05, 3.63) is 217 Å². The van der Waals surface area contributed by atoms with Crippen molar-refractivity contribution in [3.63, 3.8) is 0 Å². The first-order valence-electron chi connectivity index (χ1n) is 18.3. The van der Waals surface area contributed by atoms with Gasteiger partial charge in [0, 0.05) is 11.1 Å². The minimum absolute atomic E-state index is 0.434. The van der Waals surface area contributed by atoms with Gasteiger partial charge in [-0.2, -0.15) is 0 Å². The van der Waals surface area contributed by atoms with Crippen molar-refractivity contribution >= 4 is 44.0 Å². The van der Waals surface area contributed by atoms with Crippen molar-refractivity contribution in [2.45, 2.75) is 6.54 Å². The molecule has 0 aliphatic rings. The maximum absolute atomic E-state index is 6.52. The van der Waals surface area contributed by atoms with E-state index in [-0.39, 0.29) is 0 Å². The van der Waals surface area contributed by atoms with Gasteiger partial charge in [-0.05, 0) is 77.3 Å². The Hall–Kier alpha value is -7.10. The van der Waals surface area contributed by atoms with Crippen LogP contribution in [-0.4, -0.2) is 11.7 Å². The van der Waals surface area contributed by atoms with Gasteiger partial charge in [0.05, 0.1) is 6.54 Å². The monoisotopic (exact) mass is 691 g/mol. The SMILES string of the molecule is NC(=NC(=NCc1ccccc1-c1ccccc1-c1ccccc1-c1ccc2c3ccccc3c3ccccc3c2c1)c1ccccc1)c1ccccc1. The van der Waals surface area contributed by atoms with E-state index in [0.717, 1.165) is 27.8 Å². The topological polar surface area (TPSA) is 50.7 Å². The third-order valence-electron chi connectivity index (χ3n) is 10.2. The second-order valence-electron chi connectivity index (χ2n) is 13.5. The Labute approximate surface area is 315 Å². The highest BCUT2D eigenvalue weighted by atomic mass is 15.0. The average molecular weight is 692 g/mol. The fraction of sp³-hybridized carbons (Fsp3) is 0.0196. The molecule has 0 fully saturated rings. The van der Waals surface area contributed by atoms with Gasteiger partial charge < -0.3 is 5.73 Å². The van der Waals surface area contributed by atoms with Crippen LogP contribution in [0.25, 0.3) is 65.7 Å². The molecule has 256 valence electrons. The number of hydrogen-bond acceptors (Lipinski definition) is 1. The Balaban J connectivity index is 1.15. The van der Waals surface area contributed by atoms with Crippen molar-refractivity contribution in [3.8, 4) is 33.4 Å². The number of fused-ring (bicyclic) bond motifs is 6. The summed E-state index contributed by atoms with van der Waals surface area (Å²) >= 11 is 0. The maximum atomic E-state index is 6.52. The van der Waals surface area contributed by atoms with E-state index in [0.29, 0.717) is 18.2 Å². The van der Waals surface area contributed by atoms with Crippen molar-refractivity contribution < 1.29 is 0 Å². The predicted molar refractivity (Wildman–Crippen MR) is 229 cm³/mol. The van der Waals surface area contributed by atoms with Gasteiger partial charge in [0.25, 0.3) is 0 Å². The summed E-state index contributed by atoms with van der Waals surface area (Å²) in [6, 6.07) is 70.3. The van der Waals surface area contributed by atoms with Crippen LogP contribution in [0.15, 0.2) is 210 Å². The van der Waals surface area contributed by atoms with Crippen LogP contribution >= 0.6 is 0 Å². The van der Waals surface area contributed by atoms with Crippen LogP contribution in [0, 0.1) is 0 Å². The smallest absolute Gasteiger partial charge is 0.157 e. The number of hydrogen-bond donors (Lipinski definition) is 1. The molecule has 0 bridgehead atoms. The summed E-state index contributed by atoms with van der Waals surface area (Å²) in [6.07, 6.45) is 0. The highest BCUT2D eigenvalue weighted by molar-refractivity contribution is 6.25. The quantitative estimate of drug-likeness (QED) is 0.101. The van der Waals surface area contributed by atoms with E-state index in [1.165, 1.54) is 54.6 Å². The molecule has 0 aliphatic carbocycles. The average Bonchev–Trinajstić information content (AvgIpc) is 3.25. The molecule has 0 radical (unpaired) electrons. The van der Waals surface area contributed by atoms with E-state index in [1.807, 2.05) is 60.7 Å². The molecule has 9 aromatic carbocycles. The second-order valence-corrected chi connectivity index (χ2v) is 13.5. The fourth-order valence-electron chi connectivity index (χ4n) is 7.64. The molecule has 0 saturated carbocycles. The molecule has 9 rings (SSSR count). The third-order valence-corrected chi connectivity index (χ3v) is 10.2. The zero-order chi connectivity index (χ0) is 36.3. The minimum Gasteiger partial charge on any atom is -0.383 e. The molecule has 0 amide bonds. The van der Waals surface area contributed by atoms with Crippen LogP contribution in [0.5, 0.6) is 0 Å². The zero-order valence-corrected chi connectivity index (χ0v) is 29.7. The van der Waals surface area contributed by atoms with Gasteiger partial charge in [0.1, 0.15) is 5.84 Å². The molecule has 0 atom stereocenters. The lowest BCUT2D eigenvalue weighted by Gasteiger charge is -2.17. The molecule has 9 aromatic rings.